The zero-order valence-corrected chi connectivity index (χ0v) is 26.6. The predicted molar refractivity (Wildman–Crippen MR) is 164 cm³/mol. The van der Waals surface area contributed by atoms with E-state index in [0.29, 0.717) is 18.4 Å². The molecule has 40 heavy (non-hydrogen) atoms. The Morgan fingerprint density at radius 3 is 1.35 bits per heavy atom. The van der Waals surface area contributed by atoms with Crippen LogP contribution >= 0.6 is 0 Å². The molecule has 0 aromatic heterocycles. The number of unbranched alkanes of at least 4 members (excludes halogenated alkanes) is 18. The molecule has 6 nitrogen and oxygen atoms in total. The Balaban J connectivity index is 4.21. The van der Waals surface area contributed by atoms with E-state index >= 15 is 0 Å². The lowest BCUT2D eigenvalue weighted by Crippen LogP contribution is -2.31. The summed E-state index contributed by atoms with van der Waals surface area (Å²) in [4.78, 5) is 36.7. The Morgan fingerprint density at radius 2 is 0.925 bits per heavy atom. The number of esters is 3. The van der Waals surface area contributed by atoms with Crippen molar-refractivity contribution >= 4 is 17.9 Å². The SMILES string of the molecule is C/C=C(/C)C(=O)OC[C@@H](COC(=O)CCCCCCCCCCCCC)OC(=O)CCCCCCCCCCC. The van der Waals surface area contributed by atoms with E-state index in [1.165, 1.54) is 89.9 Å². The molecule has 0 heterocycles. The van der Waals surface area contributed by atoms with Gasteiger partial charge in [-0.1, -0.05) is 135 Å². The van der Waals surface area contributed by atoms with Crippen LogP contribution in [0.3, 0.4) is 0 Å². The second-order valence-corrected chi connectivity index (χ2v) is 11.2. The van der Waals surface area contributed by atoms with Gasteiger partial charge >= 0.3 is 17.9 Å². The molecule has 6 heteroatoms. The summed E-state index contributed by atoms with van der Waals surface area (Å²) >= 11 is 0. The number of ether oxygens (including phenoxy) is 3. The molecule has 0 radical (unpaired) electrons. The molecule has 0 aromatic carbocycles. The van der Waals surface area contributed by atoms with Gasteiger partial charge in [0.15, 0.2) is 6.10 Å². The van der Waals surface area contributed by atoms with Gasteiger partial charge < -0.3 is 14.2 Å². The van der Waals surface area contributed by atoms with Gasteiger partial charge in [-0.25, -0.2) is 4.79 Å². The molecule has 234 valence electrons. The van der Waals surface area contributed by atoms with E-state index in [9.17, 15) is 14.4 Å². The molecule has 0 rings (SSSR count). The van der Waals surface area contributed by atoms with Gasteiger partial charge in [-0.15, -0.1) is 0 Å². The highest BCUT2D eigenvalue weighted by Crippen LogP contribution is 2.13. The van der Waals surface area contributed by atoms with Gasteiger partial charge in [-0.05, 0) is 26.7 Å². The molecule has 0 saturated carbocycles. The van der Waals surface area contributed by atoms with Crippen molar-refractivity contribution in [2.75, 3.05) is 13.2 Å². The fourth-order valence-electron chi connectivity index (χ4n) is 4.53. The summed E-state index contributed by atoms with van der Waals surface area (Å²) in [5, 5.41) is 0. The van der Waals surface area contributed by atoms with Crippen molar-refractivity contribution in [1.82, 2.24) is 0 Å². The first-order valence-electron chi connectivity index (χ1n) is 16.6. The monoisotopic (exact) mass is 566 g/mol. The average molecular weight is 567 g/mol. The third-order valence-electron chi connectivity index (χ3n) is 7.35. The van der Waals surface area contributed by atoms with Crippen LogP contribution in [-0.2, 0) is 28.6 Å². The van der Waals surface area contributed by atoms with Crippen LogP contribution in [0.2, 0.25) is 0 Å². The Hall–Kier alpha value is -1.85. The van der Waals surface area contributed by atoms with Crippen LogP contribution in [0.25, 0.3) is 0 Å². The number of hydrogen-bond donors (Lipinski definition) is 0. The third-order valence-corrected chi connectivity index (χ3v) is 7.35. The summed E-state index contributed by atoms with van der Waals surface area (Å²) in [6, 6.07) is 0. The smallest absolute Gasteiger partial charge is 0.333 e. The zero-order chi connectivity index (χ0) is 29.7. The normalized spacial score (nSPS) is 12.2. The quantitative estimate of drug-likeness (QED) is 0.0406. The molecule has 1 atom stereocenters. The minimum Gasteiger partial charge on any atom is -0.462 e. The molecular weight excluding hydrogens is 504 g/mol. The second kappa shape index (κ2) is 28.7. The first kappa shape index (κ1) is 38.1. The summed E-state index contributed by atoms with van der Waals surface area (Å²) < 4.78 is 16.2. The van der Waals surface area contributed by atoms with Crippen molar-refractivity contribution in [2.45, 2.75) is 175 Å². The number of rotatable bonds is 28. The fourth-order valence-corrected chi connectivity index (χ4v) is 4.53. The molecule has 0 spiro atoms. The van der Waals surface area contributed by atoms with E-state index in [0.717, 1.165) is 38.5 Å². The van der Waals surface area contributed by atoms with E-state index in [-0.39, 0.29) is 25.2 Å². The molecule has 0 aliphatic rings. The number of carbonyl (C=O) groups is 3. The number of carbonyl (C=O) groups excluding carboxylic acids is 3. The van der Waals surface area contributed by atoms with Gasteiger partial charge in [0.25, 0.3) is 0 Å². The second-order valence-electron chi connectivity index (χ2n) is 11.2. The molecule has 0 fully saturated rings. The lowest BCUT2D eigenvalue weighted by Gasteiger charge is -2.18. The van der Waals surface area contributed by atoms with Gasteiger partial charge in [-0.2, -0.15) is 0 Å². The highest BCUT2D eigenvalue weighted by atomic mass is 16.6. The summed E-state index contributed by atoms with van der Waals surface area (Å²) in [6.45, 7) is 7.67. The highest BCUT2D eigenvalue weighted by molar-refractivity contribution is 5.87. The largest absolute Gasteiger partial charge is 0.462 e. The molecule has 0 aromatic rings. The van der Waals surface area contributed by atoms with Gasteiger partial charge in [0, 0.05) is 18.4 Å². The van der Waals surface area contributed by atoms with Crippen LogP contribution in [0.15, 0.2) is 11.6 Å². The molecule has 0 unspecified atom stereocenters. The van der Waals surface area contributed by atoms with Gasteiger partial charge in [0.2, 0.25) is 0 Å². The summed E-state index contributed by atoms with van der Waals surface area (Å²) in [5.41, 5.74) is 0.480. The van der Waals surface area contributed by atoms with E-state index in [2.05, 4.69) is 13.8 Å². The van der Waals surface area contributed by atoms with E-state index < -0.39 is 12.1 Å². The lowest BCUT2D eigenvalue weighted by molar-refractivity contribution is -0.165. The van der Waals surface area contributed by atoms with Crippen LogP contribution in [-0.4, -0.2) is 37.2 Å². The molecule has 0 amide bonds. The molecule has 0 aliphatic carbocycles. The topological polar surface area (TPSA) is 78.9 Å². The van der Waals surface area contributed by atoms with E-state index in [1.807, 2.05) is 0 Å². The van der Waals surface area contributed by atoms with Gasteiger partial charge in [0.05, 0.1) is 0 Å². The Kier molecular flexibility index (Phi) is 27.3. The van der Waals surface area contributed by atoms with Crippen molar-refractivity contribution < 1.29 is 28.6 Å². The van der Waals surface area contributed by atoms with Crippen molar-refractivity contribution in [3.8, 4) is 0 Å². The van der Waals surface area contributed by atoms with Crippen LogP contribution in [0.1, 0.15) is 169 Å². The van der Waals surface area contributed by atoms with Crippen molar-refractivity contribution in [2.24, 2.45) is 0 Å². The standard InChI is InChI=1S/C34H62O6/c1-5-8-10-12-14-16-17-19-20-22-24-26-32(35)38-28-31(29-39-34(37)30(4)7-3)40-33(36)27-25-23-21-18-15-13-11-9-6-2/h7,31H,5-6,8-29H2,1-4H3/b30-7-/t31-/m1/s1. The Morgan fingerprint density at radius 1 is 0.550 bits per heavy atom. The van der Waals surface area contributed by atoms with Crippen LogP contribution in [0.4, 0.5) is 0 Å². The van der Waals surface area contributed by atoms with E-state index in [4.69, 9.17) is 14.2 Å². The van der Waals surface area contributed by atoms with Gasteiger partial charge in [-0.3, -0.25) is 9.59 Å². The minimum absolute atomic E-state index is 0.0947. The fraction of sp³-hybridized carbons (Fsp3) is 0.853. The molecule has 0 bridgehead atoms. The Labute approximate surface area is 246 Å². The van der Waals surface area contributed by atoms with Crippen LogP contribution in [0.5, 0.6) is 0 Å². The molecule has 0 saturated heterocycles. The lowest BCUT2D eigenvalue weighted by atomic mass is 10.1. The zero-order valence-electron chi connectivity index (χ0n) is 26.6. The summed E-state index contributed by atoms with van der Waals surface area (Å²) in [7, 11) is 0. The molecule has 0 N–H and O–H groups in total. The van der Waals surface area contributed by atoms with Gasteiger partial charge in [0.1, 0.15) is 13.2 Å². The summed E-state index contributed by atoms with van der Waals surface area (Å²) in [6.07, 6.45) is 25.5. The predicted octanol–water partition coefficient (Wildman–Crippen LogP) is 9.57. The summed E-state index contributed by atoms with van der Waals surface area (Å²) in [5.74, 6) is -1.10. The van der Waals surface area contributed by atoms with Crippen molar-refractivity contribution in [3.63, 3.8) is 0 Å². The Bertz CT molecular complexity index is 657. The average Bonchev–Trinajstić information content (AvgIpc) is 2.95. The van der Waals surface area contributed by atoms with Crippen LogP contribution in [0, 0.1) is 0 Å². The first-order chi connectivity index (χ1) is 19.4. The maximum Gasteiger partial charge on any atom is 0.333 e. The molecular formula is C34H62O6. The minimum atomic E-state index is -0.791. The van der Waals surface area contributed by atoms with Crippen molar-refractivity contribution in [1.29, 1.82) is 0 Å². The first-order valence-corrected chi connectivity index (χ1v) is 16.6. The van der Waals surface area contributed by atoms with Crippen molar-refractivity contribution in [3.05, 3.63) is 11.6 Å². The molecule has 0 aliphatic heterocycles. The highest BCUT2D eigenvalue weighted by Gasteiger charge is 2.19. The maximum absolute atomic E-state index is 12.4. The number of hydrogen-bond acceptors (Lipinski definition) is 6. The van der Waals surface area contributed by atoms with E-state index in [1.54, 1.807) is 19.9 Å². The third kappa shape index (κ3) is 25.1. The van der Waals surface area contributed by atoms with Crippen LogP contribution < -0.4 is 0 Å². The number of allylic oxidation sites excluding steroid dienone is 1. The maximum atomic E-state index is 12.4.